The van der Waals surface area contributed by atoms with Gasteiger partial charge in [0.25, 0.3) is 0 Å². The number of alkyl halides is 3. The van der Waals surface area contributed by atoms with Crippen molar-refractivity contribution in [3.8, 4) is 11.5 Å². The van der Waals surface area contributed by atoms with Crippen LogP contribution in [0.1, 0.15) is 26.5 Å². The number of aliphatic hydroxyl groups is 1. The highest BCUT2D eigenvalue weighted by molar-refractivity contribution is 5.55. The molecular weight excluding hydrogens is 418 g/mol. The minimum absolute atomic E-state index is 0.0228. The Morgan fingerprint density at radius 3 is 2.45 bits per heavy atom. The highest BCUT2D eigenvalue weighted by atomic mass is 19.4. The Morgan fingerprint density at radius 1 is 1.16 bits per heavy atom. The lowest BCUT2D eigenvalue weighted by molar-refractivity contribution is -0.141. The molecule has 0 saturated carbocycles. The molecule has 2 heterocycles. The van der Waals surface area contributed by atoms with E-state index in [2.05, 4.69) is 42.3 Å². The van der Waals surface area contributed by atoms with E-state index in [0.29, 0.717) is 0 Å². The zero-order valence-corrected chi connectivity index (χ0v) is 17.0. The number of rotatable bonds is 8. The summed E-state index contributed by atoms with van der Waals surface area (Å²) in [6, 6.07) is 3.32. The average molecular weight is 439 g/mol. The molecule has 8 nitrogen and oxygen atoms in total. The molecule has 3 N–H and O–H groups in total. The number of nitrogens with one attached hydrogen (secondary N) is 2. The van der Waals surface area contributed by atoms with Crippen molar-refractivity contribution in [1.29, 1.82) is 0 Å². The Labute approximate surface area is 175 Å². The van der Waals surface area contributed by atoms with Crippen LogP contribution in [0.3, 0.4) is 0 Å². The maximum Gasteiger partial charge on any atom is 0.433 e. The van der Waals surface area contributed by atoms with Crippen LogP contribution in [-0.4, -0.2) is 43.9 Å². The second kappa shape index (κ2) is 9.60. The van der Waals surface area contributed by atoms with Gasteiger partial charge in [0.1, 0.15) is 17.2 Å². The standard InChI is InChI=1S/C19H21F4N7O/c1-11(8-12(20)9-24-4)26-17-29-15(28-16(30-17)25-10-18(2,3)31)13-6-5-7-14(27-13)19(21,22)23/h5-9,31H,4,10H2,1-3H3,(H2,25,26,28,29,30)/b11-8+,12-9+. The first-order valence-electron chi connectivity index (χ1n) is 8.91. The smallest absolute Gasteiger partial charge is 0.389 e. The minimum Gasteiger partial charge on any atom is -0.389 e. The van der Waals surface area contributed by atoms with Crippen molar-refractivity contribution in [3.05, 3.63) is 47.7 Å². The number of hydrogen-bond donors (Lipinski definition) is 3. The number of pyridine rings is 1. The molecule has 0 saturated heterocycles. The number of allylic oxidation sites excluding steroid dienone is 3. The van der Waals surface area contributed by atoms with Crippen LogP contribution in [0.15, 0.2) is 47.0 Å². The summed E-state index contributed by atoms with van der Waals surface area (Å²) in [7, 11) is 0. The van der Waals surface area contributed by atoms with E-state index in [1.54, 1.807) is 13.8 Å². The molecule has 31 heavy (non-hydrogen) atoms. The van der Waals surface area contributed by atoms with E-state index in [9.17, 15) is 22.7 Å². The highest BCUT2D eigenvalue weighted by Crippen LogP contribution is 2.29. The van der Waals surface area contributed by atoms with Crippen molar-refractivity contribution in [2.24, 2.45) is 4.99 Å². The molecule has 0 bridgehead atoms. The summed E-state index contributed by atoms with van der Waals surface area (Å²) in [5.41, 5.74) is -2.09. The van der Waals surface area contributed by atoms with E-state index >= 15 is 0 Å². The van der Waals surface area contributed by atoms with E-state index in [-0.39, 0.29) is 35.7 Å². The number of nitrogens with zero attached hydrogens (tertiary/aromatic N) is 5. The molecule has 0 aliphatic rings. The molecule has 0 aliphatic carbocycles. The molecule has 0 spiro atoms. The molecular formula is C19H21F4N7O. The Balaban J connectivity index is 2.47. The van der Waals surface area contributed by atoms with Gasteiger partial charge in [-0.2, -0.15) is 28.1 Å². The zero-order valence-electron chi connectivity index (χ0n) is 17.0. The zero-order chi connectivity index (χ0) is 23.2. The van der Waals surface area contributed by atoms with Crippen LogP contribution >= 0.6 is 0 Å². The molecule has 12 heteroatoms. The molecule has 2 aromatic rings. The predicted molar refractivity (Wildman–Crippen MR) is 109 cm³/mol. The van der Waals surface area contributed by atoms with Gasteiger partial charge >= 0.3 is 6.18 Å². The van der Waals surface area contributed by atoms with Crippen LogP contribution < -0.4 is 10.6 Å². The highest BCUT2D eigenvalue weighted by Gasteiger charge is 2.32. The Morgan fingerprint density at radius 2 is 1.84 bits per heavy atom. The first-order valence-corrected chi connectivity index (χ1v) is 8.91. The van der Waals surface area contributed by atoms with Gasteiger partial charge in [0.05, 0.1) is 11.8 Å². The van der Waals surface area contributed by atoms with Gasteiger partial charge in [0.15, 0.2) is 5.82 Å². The number of aliphatic imine (C=N–C) groups is 1. The Kier molecular flexibility index (Phi) is 7.39. The van der Waals surface area contributed by atoms with E-state index in [1.807, 2.05) is 0 Å². The van der Waals surface area contributed by atoms with Crippen LogP contribution in [0.5, 0.6) is 0 Å². The van der Waals surface area contributed by atoms with Crippen LogP contribution in [-0.2, 0) is 6.18 Å². The summed E-state index contributed by atoms with van der Waals surface area (Å²) in [6.45, 7) is 7.81. The molecule has 0 amide bonds. The summed E-state index contributed by atoms with van der Waals surface area (Å²) in [5.74, 6) is -0.936. The van der Waals surface area contributed by atoms with Crippen molar-refractivity contribution in [2.45, 2.75) is 32.5 Å². The maximum atomic E-state index is 13.6. The first kappa shape index (κ1) is 23.9. The molecule has 2 aromatic heterocycles. The van der Waals surface area contributed by atoms with Crippen molar-refractivity contribution in [1.82, 2.24) is 19.9 Å². The fourth-order valence-electron chi connectivity index (χ4n) is 2.18. The van der Waals surface area contributed by atoms with Crippen LogP contribution in [0.2, 0.25) is 0 Å². The lowest BCUT2D eigenvalue weighted by Crippen LogP contribution is -2.30. The summed E-state index contributed by atoms with van der Waals surface area (Å²) in [5, 5.41) is 15.4. The average Bonchev–Trinajstić information content (AvgIpc) is 2.65. The number of hydrogen-bond acceptors (Lipinski definition) is 8. The van der Waals surface area contributed by atoms with Crippen molar-refractivity contribution >= 4 is 18.6 Å². The quantitative estimate of drug-likeness (QED) is 0.325. The molecule has 0 atom stereocenters. The lowest BCUT2D eigenvalue weighted by atomic mass is 10.1. The van der Waals surface area contributed by atoms with Crippen molar-refractivity contribution < 1.29 is 22.7 Å². The fraction of sp³-hybridized carbons (Fsp3) is 0.316. The normalized spacial score (nSPS) is 13.2. The Bertz CT molecular complexity index is 997. The number of halogens is 4. The van der Waals surface area contributed by atoms with E-state index in [4.69, 9.17) is 0 Å². The predicted octanol–water partition coefficient (Wildman–Crippen LogP) is 3.96. The largest absolute Gasteiger partial charge is 0.433 e. The third-order valence-corrected chi connectivity index (χ3v) is 3.46. The van der Waals surface area contributed by atoms with E-state index in [0.717, 1.165) is 18.3 Å². The van der Waals surface area contributed by atoms with Crippen LogP contribution in [0, 0.1) is 0 Å². The van der Waals surface area contributed by atoms with Gasteiger partial charge < -0.3 is 15.7 Å². The molecule has 0 aliphatic heterocycles. The number of aromatic nitrogens is 4. The lowest BCUT2D eigenvalue weighted by Gasteiger charge is -2.18. The first-order chi connectivity index (χ1) is 14.4. The van der Waals surface area contributed by atoms with E-state index < -0.39 is 23.3 Å². The van der Waals surface area contributed by atoms with Crippen molar-refractivity contribution in [3.63, 3.8) is 0 Å². The third-order valence-electron chi connectivity index (χ3n) is 3.46. The Hall–Kier alpha value is -3.41. The summed E-state index contributed by atoms with van der Waals surface area (Å²) in [6.07, 6.45) is -2.65. The molecule has 2 rings (SSSR count). The van der Waals surface area contributed by atoms with Gasteiger partial charge in [-0.15, -0.1) is 0 Å². The van der Waals surface area contributed by atoms with Crippen molar-refractivity contribution in [2.75, 3.05) is 17.2 Å². The summed E-state index contributed by atoms with van der Waals surface area (Å²) in [4.78, 5) is 19.1. The van der Waals surface area contributed by atoms with E-state index in [1.165, 1.54) is 19.1 Å². The second-order valence-corrected chi connectivity index (χ2v) is 7.03. The summed E-state index contributed by atoms with van der Waals surface area (Å²) >= 11 is 0. The summed E-state index contributed by atoms with van der Waals surface area (Å²) < 4.78 is 52.7. The third kappa shape index (κ3) is 7.74. The molecule has 166 valence electrons. The maximum absolute atomic E-state index is 13.6. The SMILES string of the molecule is C=N/C=C(F)\C=C(/C)Nc1nc(NCC(C)(C)O)nc(-c2cccc(C(F)(F)F)n2)n1. The molecule has 0 fully saturated rings. The fourth-order valence-corrected chi connectivity index (χ4v) is 2.18. The molecule has 0 radical (unpaired) electrons. The van der Waals surface area contributed by atoms with Crippen LogP contribution in [0.25, 0.3) is 11.5 Å². The van der Waals surface area contributed by atoms with Crippen LogP contribution in [0.4, 0.5) is 29.5 Å². The van der Waals surface area contributed by atoms with Gasteiger partial charge in [-0.05, 0) is 45.7 Å². The monoisotopic (exact) mass is 439 g/mol. The van der Waals surface area contributed by atoms with Gasteiger partial charge in [-0.1, -0.05) is 6.07 Å². The topological polar surface area (TPSA) is 108 Å². The molecule has 0 aromatic carbocycles. The van der Waals surface area contributed by atoms with Gasteiger partial charge in [0, 0.05) is 12.2 Å². The minimum atomic E-state index is -4.64. The van der Waals surface area contributed by atoms with Gasteiger partial charge in [-0.25, -0.2) is 9.37 Å². The molecule has 0 unspecified atom stereocenters. The van der Waals surface area contributed by atoms with Gasteiger partial charge in [0.2, 0.25) is 11.9 Å². The van der Waals surface area contributed by atoms with Gasteiger partial charge in [-0.3, -0.25) is 4.99 Å². The second-order valence-electron chi connectivity index (χ2n) is 7.03. The number of anilines is 2.